The first-order chi connectivity index (χ1) is 8.08. The van der Waals surface area contributed by atoms with Crippen LogP contribution in [0.3, 0.4) is 0 Å². The van der Waals surface area contributed by atoms with Gasteiger partial charge in [-0.1, -0.05) is 18.5 Å². The summed E-state index contributed by atoms with van der Waals surface area (Å²) in [7, 11) is 0. The highest BCUT2D eigenvalue weighted by atomic mass is 16.5. The zero-order valence-corrected chi connectivity index (χ0v) is 10.3. The topological polar surface area (TPSA) is 96.9 Å². The van der Waals surface area contributed by atoms with E-state index in [1.165, 1.54) is 0 Å². The van der Waals surface area contributed by atoms with Gasteiger partial charge in [0.1, 0.15) is 6.10 Å². The maximum absolute atomic E-state index is 11.9. The lowest BCUT2D eigenvalue weighted by Gasteiger charge is -2.19. The third-order valence-electron chi connectivity index (χ3n) is 2.89. The van der Waals surface area contributed by atoms with Gasteiger partial charge in [0.05, 0.1) is 12.1 Å². The molecule has 1 aliphatic heterocycles. The number of amidine groups is 1. The van der Waals surface area contributed by atoms with E-state index < -0.39 is 12.1 Å². The quantitative estimate of drug-likeness (QED) is 0.285. The second-order valence-corrected chi connectivity index (χ2v) is 4.39. The Morgan fingerprint density at radius 3 is 2.82 bits per heavy atom. The molecule has 0 aromatic carbocycles. The van der Waals surface area contributed by atoms with E-state index in [0.717, 1.165) is 19.3 Å². The van der Waals surface area contributed by atoms with Crippen molar-refractivity contribution in [3.63, 3.8) is 0 Å². The van der Waals surface area contributed by atoms with E-state index >= 15 is 0 Å². The van der Waals surface area contributed by atoms with Crippen molar-refractivity contribution in [3.8, 4) is 0 Å². The number of hydrogen-bond acceptors (Lipinski definition) is 4. The van der Waals surface area contributed by atoms with Crippen LogP contribution in [0, 0.1) is 0 Å². The molecule has 0 aromatic heterocycles. The summed E-state index contributed by atoms with van der Waals surface area (Å²) in [6, 6.07) is -0.419. The summed E-state index contributed by atoms with van der Waals surface area (Å²) in [6.07, 6.45) is 2.81. The van der Waals surface area contributed by atoms with Crippen LogP contribution in [0.25, 0.3) is 0 Å². The number of ether oxygens (including phenoxy) is 1. The molecule has 0 aliphatic carbocycles. The molecular weight excluding hydrogens is 222 g/mol. The summed E-state index contributed by atoms with van der Waals surface area (Å²) in [6.45, 7) is 3.91. The van der Waals surface area contributed by atoms with Crippen molar-refractivity contribution in [3.05, 3.63) is 0 Å². The summed E-state index contributed by atoms with van der Waals surface area (Å²) in [5.74, 6) is -0.148. The molecule has 1 amide bonds. The van der Waals surface area contributed by atoms with Crippen LogP contribution in [0.2, 0.25) is 0 Å². The minimum Gasteiger partial charge on any atom is -0.409 e. The Balaban J connectivity index is 2.52. The number of carbonyl (C=O) groups is 1. The molecule has 0 saturated carbocycles. The summed E-state index contributed by atoms with van der Waals surface area (Å²) in [5.41, 5.74) is 5.52. The van der Waals surface area contributed by atoms with Crippen LogP contribution < -0.4 is 11.1 Å². The first kappa shape index (κ1) is 13.8. The molecule has 17 heavy (non-hydrogen) atoms. The summed E-state index contributed by atoms with van der Waals surface area (Å²) in [4.78, 5) is 11.9. The van der Waals surface area contributed by atoms with Crippen molar-refractivity contribution < 1.29 is 14.7 Å². The van der Waals surface area contributed by atoms with E-state index in [-0.39, 0.29) is 17.8 Å². The molecule has 0 spiro atoms. The van der Waals surface area contributed by atoms with Crippen molar-refractivity contribution in [1.82, 2.24) is 5.32 Å². The SMILES string of the molecule is CCCC(NC(=O)C1CCC(C)O1)C(N)=NO. The maximum Gasteiger partial charge on any atom is 0.249 e. The first-order valence-electron chi connectivity index (χ1n) is 6.01. The van der Waals surface area contributed by atoms with Crippen LogP contribution in [-0.4, -0.2) is 35.2 Å². The fraction of sp³-hybridized carbons (Fsp3) is 0.818. The van der Waals surface area contributed by atoms with Crippen LogP contribution in [-0.2, 0) is 9.53 Å². The number of oxime groups is 1. The standard InChI is InChI=1S/C11H21N3O3/c1-3-4-8(10(12)14-16)13-11(15)9-6-5-7(2)17-9/h7-9,16H,3-6H2,1-2H3,(H2,12,14)(H,13,15). The molecule has 0 radical (unpaired) electrons. The molecule has 1 fully saturated rings. The monoisotopic (exact) mass is 243 g/mol. The molecule has 1 saturated heterocycles. The predicted molar refractivity (Wildman–Crippen MR) is 63.8 cm³/mol. The van der Waals surface area contributed by atoms with Gasteiger partial charge in [-0.25, -0.2) is 0 Å². The van der Waals surface area contributed by atoms with E-state index in [2.05, 4.69) is 10.5 Å². The van der Waals surface area contributed by atoms with E-state index in [9.17, 15) is 4.79 Å². The van der Waals surface area contributed by atoms with Gasteiger partial charge in [0.25, 0.3) is 0 Å². The minimum atomic E-state index is -0.419. The van der Waals surface area contributed by atoms with Gasteiger partial charge in [0.2, 0.25) is 5.91 Å². The Labute approximate surface area is 101 Å². The normalized spacial score (nSPS) is 26.8. The molecule has 1 heterocycles. The Morgan fingerprint density at radius 2 is 2.35 bits per heavy atom. The van der Waals surface area contributed by atoms with Gasteiger partial charge in [-0.05, 0) is 26.2 Å². The zero-order chi connectivity index (χ0) is 12.8. The average Bonchev–Trinajstić information content (AvgIpc) is 2.74. The average molecular weight is 243 g/mol. The molecule has 3 atom stereocenters. The Bertz CT molecular complexity index is 294. The van der Waals surface area contributed by atoms with Crippen LogP contribution in [0.1, 0.15) is 39.5 Å². The summed E-state index contributed by atoms with van der Waals surface area (Å²) < 4.78 is 5.46. The third kappa shape index (κ3) is 3.89. The van der Waals surface area contributed by atoms with Gasteiger partial charge in [0.15, 0.2) is 5.84 Å². The van der Waals surface area contributed by atoms with Crippen molar-refractivity contribution in [2.45, 2.75) is 57.8 Å². The third-order valence-corrected chi connectivity index (χ3v) is 2.89. The Kier molecular flexibility index (Phi) is 5.21. The molecule has 0 aromatic rings. The lowest BCUT2D eigenvalue weighted by atomic mass is 10.1. The molecule has 3 unspecified atom stereocenters. The van der Waals surface area contributed by atoms with E-state index in [1.54, 1.807) is 0 Å². The Morgan fingerprint density at radius 1 is 1.65 bits per heavy atom. The number of carbonyl (C=O) groups excluding carboxylic acids is 1. The highest BCUT2D eigenvalue weighted by Crippen LogP contribution is 2.19. The second-order valence-electron chi connectivity index (χ2n) is 4.39. The summed E-state index contributed by atoms with van der Waals surface area (Å²) in [5, 5.41) is 14.3. The molecule has 0 bridgehead atoms. The van der Waals surface area contributed by atoms with Gasteiger partial charge >= 0.3 is 0 Å². The molecule has 6 nitrogen and oxygen atoms in total. The molecule has 1 rings (SSSR count). The fourth-order valence-electron chi connectivity index (χ4n) is 1.91. The van der Waals surface area contributed by atoms with Gasteiger partial charge in [0, 0.05) is 0 Å². The number of hydrogen-bond donors (Lipinski definition) is 3. The number of amides is 1. The first-order valence-corrected chi connectivity index (χ1v) is 6.01. The van der Waals surface area contributed by atoms with Crippen molar-refractivity contribution in [2.24, 2.45) is 10.9 Å². The van der Waals surface area contributed by atoms with Gasteiger partial charge in [-0.3, -0.25) is 4.79 Å². The largest absolute Gasteiger partial charge is 0.409 e. The highest BCUT2D eigenvalue weighted by Gasteiger charge is 2.30. The number of nitrogens with two attached hydrogens (primary N) is 1. The number of rotatable bonds is 5. The van der Waals surface area contributed by atoms with Crippen molar-refractivity contribution in [1.29, 1.82) is 0 Å². The maximum atomic E-state index is 11.9. The number of nitrogens with one attached hydrogen (secondary N) is 1. The lowest BCUT2D eigenvalue weighted by Crippen LogP contribution is -2.48. The van der Waals surface area contributed by atoms with Gasteiger partial charge < -0.3 is 21.0 Å². The predicted octanol–water partition coefficient (Wildman–Crippen LogP) is 0.585. The fourth-order valence-corrected chi connectivity index (χ4v) is 1.91. The smallest absolute Gasteiger partial charge is 0.249 e. The van der Waals surface area contributed by atoms with Crippen LogP contribution in [0.15, 0.2) is 5.16 Å². The van der Waals surface area contributed by atoms with Crippen molar-refractivity contribution >= 4 is 11.7 Å². The minimum absolute atomic E-state index is 0.0336. The van der Waals surface area contributed by atoms with Crippen LogP contribution in [0.5, 0.6) is 0 Å². The van der Waals surface area contributed by atoms with Crippen LogP contribution >= 0.6 is 0 Å². The highest BCUT2D eigenvalue weighted by molar-refractivity contribution is 5.91. The van der Waals surface area contributed by atoms with Gasteiger partial charge in [-0.2, -0.15) is 0 Å². The van der Waals surface area contributed by atoms with Gasteiger partial charge in [-0.15, -0.1) is 0 Å². The molecule has 4 N–H and O–H groups in total. The van der Waals surface area contributed by atoms with E-state index in [4.69, 9.17) is 15.7 Å². The lowest BCUT2D eigenvalue weighted by molar-refractivity contribution is -0.132. The van der Waals surface area contributed by atoms with Crippen molar-refractivity contribution in [2.75, 3.05) is 0 Å². The van der Waals surface area contributed by atoms with Crippen LogP contribution in [0.4, 0.5) is 0 Å². The molecule has 6 heteroatoms. The number of nitrogens with zero attached hydrogens (tertiary/aromatic N) is 1. The molecule has 98 valence electrons. The second kappa shape index (κ2) is 6.44. The molecule has 1 aliphatic rings. The zero-order valence-electron chi connectivity index (χ0n) is 10.3. The van der Waals surface area contributed by atoms with E-state index in [0.29, 0.717) is 6.42 Å². The molecular formula is C11H21N3O3. The van der Waals surface area contributed by atoms with E-state index in [1.807, 2.05) is 13.8 Å². The summed E-state index contributed by atoms with van der Waals surface area (Å²) >= 11 is 0. The Hall–Kier alpha value is -1.30.